The summed E-state index contributed by atoms with van der Waals surface area (Å²) >= 11 is 0. The van der Waals surface area contributed by atoms with Gasteiger partial charge in [-0.2, -0.15) is 0 Å². The minimum atomic E-state index is -4.71. The van der Waals surface area contributed by atoms with Crippen molar-refractivity contribution in [2.24, 2.45) is 17.8 Å². The van der Waals surface area contributed by atoms with Gasteiger partial charge in [-0.1, -0.05) is 6.08 Å². The average Bonchev–Trinajstić information content (AvgIpc) is 2.92. The third kappa shape index (κ3) is 4.65. The fourth-order valence-corrected chi connectivity index (χ4v) is 4.21. The summed E-state index contributed by atoms with van der Waals surface area (Å²) in [5, 5.41) is 0. The average molecular weight is 392 g/mol. The van der Waals surface area contributed by atoms with E-state index < -0.39 is 6.36 Å². The molecule has 1 saturated carbocycles. The summed E-state index contributed by atoms with van der Waals surface area (Å²) < 4.78 is 48.2. The highest BCUT2D eigenvalue weighted by atomic mass is 35.5. The molecule has 1 aromatic rings. The quantitative estimate of drug-likeness (QED) is 0.704. The minimum absolute atomic E-state index is 0. The number of halogens is 4. The van der Waals surface area contributed by atoms with Crippen molar-refractivity contribution in [3.05, 3.63) is 29.8 Å². The van der Waals surface area contributed by atoms with E-state index >= 15 is 0 Å². The Morgan fingerprint density at radius 2 is 1.92 bits per heavy atom. The largest absolute Gasteiger partial charge is 0.573 e. The lowest BCUT2D eigenvalue weighted by molar-refractivity contribution is -0.274. The molecular weight excluding hydrogens is 367 g/mol. The Morgan fingerprint density at radius 1 is 1.19 bits per heavy atom. The molecule has 0 amide bonds. The lowest BCUT2D eigenvalue weighted by Crippen LogP contribution is -2.30. The summed E-state index contributed by atoms with van der Waals surface area (Å²) in [6, 6.07) is 4.52. The summed E-state index contributed by atoms with van der Waals surface area (Å²) in [4.78, 5) is 2.10. The Kier molecular flexibility index (Phi) is 6.51. The van der Waals surface area contributed by atoms with Crippen LogP contribution in [0.15, 0.2) is 24.3 Å². The zero-order chi connectivity index (χ0) is 18.2. The van der Waals surface area contributed by atoms with E-state index in [1.165, 1.54) is 19.2 Å². The molecule has 3 nitrogen and oxygen atoms in total. The molecule has 2 aliphatic rings. The fourth-order valence-electron chi connectivity index (χ4n) is 4.21. The summed E-state index contributed by atoms with van der Waals surface area (Å²) in [5.41, 5.74) is 1.46. The zero-order valence-corrected chi connectivity index (χ0v) is 16.0. The van der Waals surface area contributed by atoms with Gasteiger partial charge in [-0.3, -0.25) is 0 Å². The molecule has 0 aromatic heterocycles. The highest BCUT2D eigenvalue weighted by molar-refractivity contribution is 5.85. The van der Waals surface area contributed by atoms with Crippen LogP contribution in [0.4, 0.5) is 13.2 Å². The monoisotopic (exact) mass is 391 g/mol. The molecular formula is C19H25ClF3NO2. The van der Waals surface area contributed by atoms with Crippen LogP contribution in [-0.2, 0) is 0 Å². The molecule has 0 aliphatic heterocycles. The lowest BCUT2D eigenvalue weighted by atomic mass is 9.76. The summed E-state index contributed by atoms with van der Waals surface area (Å²) in [5.74, 6) is 1.55. The van der Waals surface area contributed by atoms with E-state index in [2.05, 4.69) is 15.7 Å². The first-order valence-corrected chi connectivity index (χ1v) is 8.57. The van der Waals surface area contributed by atoms with E-state index in [9.17, 15) is 13.2 Å². The third-order valence-corrected chi connectivity index (χ3v) is 5.18. The van der Waals surface area contributed by atoms with Crippen LogP contribution < -0.4 is 9.47 Å². The summed E-state index contributed by atoms with van der Waals surface area (Å²) in [6.07, 6.45) is 0.811. The second-order valence-electron chi connectivity index (χ2n) is 7.23. The Labute approximate surface area is 158 Å². The maximum absolute atomic E-state index is 12.9. The number of ether oxygens (including phenoxy) is 2. The first-order chi connectivity index (χ1) is 11.8. The van der Waals surface area contributed by atoms with Gasteiger partial charge in [-0.15, -0.1) is 25.6 Å². The van der Waals surface area contributed by atoms with Crippen molar-refractivity contribution in [2.45, 2.75) is 25.6 Å². The van der Waals surface area contributed by atoms with Gasteiger partial charge in [0.2, 0.25) is 0 Å². The van der Waals surface area contributed by atoms with Crippen LogP contribution in [0.1, 0.15) is 24.8 Å². The lowest BCUT2D eigenvalue weighted by Gasteiger charge is -2.33. The molecule has 146 valence electrons. The van der Waals surface area contributed by atoms with E-state index in [1.807, 2.05) is 14.1 Å². The Balaban J connectivity index is 0.00000243. The number of hydrogen-bond acceptors (Lipinski definition) is 3. The van der Waals surface area contributed by atoms with Crippen molar-refractivity contribution in [2.75, 3.05) is 27.7 Å². The first kappa shape index (κ1) is 20.9. The van der Waals surface area contributed by atoms with Crippen molar-refractivity contribution in [1.29, 1.82) is 0 Å². The molecule has 0 spiro atoms. The van der Waals surface area contributed by atoms with Crippen LogP contribution in [0.5, 0.6) is 11.5 Å². The van der Waals surface area contributed by atoms with Gasteiger partial charge in [-0.25, -0.2) is 0 Å². The molecule has 7 heteroatoms. The molecule has 0 radical (unpaired) electrons. The SMILES string of the molecule is COc1ccc(OC(F)(F)F)c(C2=CC3CCC(C3)C2CN(C)C)c1.Cl. The van der Waals surface area contributed by atoms with Crippen LogP contribution in [0.25, 0.3) is 5.57 Å². The van der Waals surface area contributed by atoms with Crippen molar-refractivity contribution in [3.8, 4) is 11.5 Å². The smallest absolute Gasteiger partial charge is 0.497 e. The van der Waals surface area contributed by atoms with Gasteiger partial charge in [0.25, 0.3) is 0 Å². The Hall–Kier alpha value is -1.40. The number of fused-ring (bicyclic) bond motifs is 2. The number of benzene rings is 1. The molecule has 0 saturated heterocycles. The van der Waals surface area contributed by atoms with Crippen LogP contribution in [0.2, 0.25) is 0 Å². The maximum atomic E-state index is 12.9. The van der Waals surface area contributed by atoms with Gasteiger partial charge in [-0.05, 0) is 74.9 Å². The van der Waals surface area contributed by atoms with Gasteiger partial charge in [0.05, 0.1) is 7.11 Å². The second-order valence-corrected chi connectivity index (χ2v) is 7.23. The molecule has 3 rings (SSSR count). The van der Waals surface area contributed by atoms with Gasteiger partial charge >= 0.3 is 6.36 Å². The highest BCUT2D eigenvalue weighted by Gasteiger charge is 2.39. The molecule has 1 aromatic carbocycles. The van der Waals surface area contributed by atoms with E-state index in [-0.39, 0.29) is 24.1 Å². The molecule has 3 atom stereocenters. The number of allylic oxidation sites excluding steroid dienone is 1. The molecule has 0 N–H and O–H groups in total. The van der Waals surface area contributed by atoms with E-state index in [0.29, 0.717) is 23.1 Å². The number of nitrogens with zero attached hydrogens (tertiary/aromatic N) is 1. The molecule has 1 fully saturated rings. The Morgan fingerprint density at radius 3 is 2.54 bits per heavy atom. The van der Waals surface area contributed by atoms with Gasteiger partial charge in [0.15, 0.2) is 0 Å². The maximum Gasteiger partial charge on any atom is 0.573 e. The van der Waals surface area contributed by atoms with Gasteiger partial charge < -0.3 is 14.4 Å². The molecule has 26 heavy (non-hydrogen) atoms. The fraction of sp³-hybridized carbons (Fsp3) is 0.579. The van der Waals surface area contributed by atoms with Crippen LogP contribution in [-0.4, -0.2) is 39.0 Å². The molecule has 0 heterocycles. The standard InChI is InChI=1S/C19H24F3NO2.ClH/c1-23(2)11-17-13-5-4-12(8-13)9-15(17)16-10-14(24-3)6-7-18(16)25-19(20,21)22;/h6-7,9-10,12-13,17H,4-5,8,11H2,1-3H3;1H. The first-order valence-electron chi connectivity index (χ1n) is 8.57. The number of hydrogen-bond donors (Lipinski definition) is 0. The summed E-state index contributed by atoms with van der Waals surface area (Å²) in [6.45, 7) is 0.811. The zero-order valence-electron chi connectivity index (χ0n) is 15.2. The predicted molar refractivity (Wildman–Crippen MR) is 97.8 cm³/mol. The van der Waals surface area contributed by atoms with Crippen LogP contribution in [0, 0.1) is 17.8 Å². The number of methoxy groups -OCH3 is 1. The van der Waals surface area contributed by atoms with Crippen LogP contribution >= 0.6 is 12.4 Å². The van der Waals surface area contributed by atoms with Crippen molar-refractivity contribution in [3.63, 3.8) is 0 Å². The van der Waals surface area contributed by atoms with Crippen molar-refractivity contribution >= 4 is 18.0 Å². The normalized spacial score (nSPS) is 24.9. The van der Waals surface area contributed by atoms with Gasteiger partial charge in [0, 0.05) is 12.1 Å². The van der Waals surface area contributed by atoms with E-state index in [1.54, 1.807) is 6.07 Å². The third-order valence-electron chi connectivity index (χ3n) is 5.18. The second kappa shape index (κ2) is 8.09. The van der Waals surface area contributed by atoms with Gasteiger partial charge in [0.1, 0.15) is 11.5 Å². The summed E-state index contributed by atoms with van der Waals surface area (Å²) in [7, 11) is 5.51. The van der Waals surface area contributed by atoms with Crippen molar-refractivity contribution in [1.82, 2.24) is 4.90 Å². The van der Waals surface area contributed by atoms with E-state index in [0.717, 1.165) is 31.4 Å². The minimum Gasteiger partial charge on any atom is -0.497 e. The number of alkyl halides is 3. The van der Waals surface area contributed by atoms with Crippen LogP contribution in [0.3, 0.4) is 0 Å². The van der Waals surface area contributed by atoms with E-state index in [4.69, 9.17) is 4.74 Å². The Bertz CT molecular complexity index is 661. The topological polar surface area (TPSA) is 21.7 Å². The molecule has 2 bridgehead atoms. The molecule has 3 unspecified atom stereocenters. The van der Waals surface area contributed by atoms with Crippen molar-refractivity contribution < 1.29 is 22.6 Å². The highest BCUT2D eigenvalue weighted by Crippen LogP contribution is 2.50. The number of rotatable bonds is 5. The predicted octanol–water partition coefficient (Wildman–Crippen LogP) is 5.01. The molecule has 2 aliphatic carbocycles.